The molecule has 0 unspecified atom stereocenters. The first-order valence-corrected chi connectivity index (χ1v) is 9.49. The highest BCUT2D eigenvalue weighted by atomic mass is 35.5. The van der Waals surface area contributed by atoms with Gasteiger partial charge in [-0.05, 0) is 23.6 Å². The molecule has 0 N–H and O–H groups in total. The first kappa shape index (κ1) is 20.8. The minimum absolute atomic E-state index is 0.0311. The van der Waals surface area contributed by atoms with Gasteiger partial charge in [0.2, 0.25) is 6.19 Å². The van der Waals surface area contributed by atoms with Gasteiger partial charge in [0.25, 0.3) is 0 Å². The molecule has 0 bridgehead atoms. The normalized spacial score (nSPS) is 12.6. The molecule has 0 aliphatic carbocycles. The quantitative estimate of drug-likeness (QED) is 0.331. The average Bonchev–Trinajstić information content (AvgIpc) is 3.02. The van der Waals surface area contributed by atoms with E-state index in [2.05, 4.69) is 42.9 Å². The van der Waals surface area contributed by atoms with Crippen LogP contribution in [0.15, 0.2) is 34.4 Å². The third kappa shape index (κ3) is 5.23. The summed E-state index contributed by atoms with van der Waals surface area (Å²) in [5.41, 5.74) is 0.525. The molecule has 7 heteroatoms. The van der Waals surface area contributed by atoms with E-state index in [9.17, 15) is 0 Å². The fourth-order valence-electron chi connectivity index (χ4n) is 2.30. The smallest absolute Gasteiger partial charge is 0.207 e. The van der Waals surface area contributed by atoms with Gasteiger partial charge in [-0.3, -0.25) is 0 Å². The summed E-state index contributed by atoms with van der Waals surface area (Å²) >= 11 is 7.67. The molecule has 0 saturated heterocycles. The van der Waals surface area contributed by atoms with Gasteiger partial charge in [0.1, 0.15) is 5.75 Å². The largest absolute Gasteiger partial charge is 0.496 e. The van der Waals surface area contributed by atoms with Crippen molar-refractivity contribution in [3.05, 3.63) is 44.7 Å². The number of aliphatic imine (C=N–C) groups is 1. The van der Waals surface area contributed by atoms with Crippen LogP contribution in [0, 0.1) is 23.8 Å². The van der Waals surface area contributed by atoms with E-state index in [1.54, 1.807) is 36.6 Å². The van der Waals surface area contributed by atoms with Gasteiger partial charge in [-0.25, -0.2) is 0 Å². The van der Waals surface area contributed by atoms with Gasteiger partial charge in [0.15, 0.2) is 10.6 Å². The number of ether oxygens (including phenoxy) is 1. The molecule has 5 nitrogen and oxygen atoms in total. The maximum atomic E-state index is 9.15. The Morgan fingerprint density at radius 3 is 2.74 bits per heavy atom. The number of aromatic nitrogens is 1. The maximum Gasteiger partial charge on any atom is 0.207 e. The van der Waals surface area contributed by atoms with Crippen molar-refractivity contribution in [2.24, 2.45) is 9.98 Å². The number of nitriles is 1. The standard InChI is InChI=1S/C20H21ClN4OS/c1-6-7-10-25-12-17(20(2,3)4)27-19(25)24-18(23-13-22)15-11-14(21)8-9-16(15)26-5/h1,8-9,11-12H,7,10H2,2-5H3. The number of hydrogen-bond acceptors (Lipinski definition) is 4. The molecule has 0 saturated carbocycles. The minimum Gasteiger partial charge on any atom is -0.496 e. The Morgan fingerprint density at radius 1 is 1.41 bits per heavy atom. The molecule has 1 heterocycles. The van der Waals surface area contributed by atoms with Crippen LogP contribution in [0.25, 0.3) is 0 Å². The highest BCUT2D eigenvalue weighted by Gasteiger charge is 2.18. The van der Waals surface area contributed by atoms with Gasteiger partial charge in [0, 0.05) is 29.1 Å². The zero-order chi connectivity index (χ0) is 20.0. The van der Waals surface area contributed by atoms with Crippen LogP contribution in [0.2, 0.25) is 5.02 Å². The van der Waals surface area contributed by atoms with E-state index in [4.69, 9.17) is 28.0 Å². The first-order valence-electron chi connectivity index (χ1n) is 8.29. The Bertz CT molecular complexity index is 997. The van der Waals surface area contributed by atoms with Crippen LogP contribution < -0.4 is 9.54 Å². The number of nitrogens with zero attached hydrogens (tertiary/aromatic N) is 4. The van der Waals surface area contributed by atoms with Crippen molar-refractivity contribution >= 4 is 28.8 Å². The van der Waals surface area contributed by atoms with E-state index < -0.39 is 0 Å². The lowest BCUT2D eigenvalue weighted by Crippen LogP contribution is -2.17. The molecular formula is C20H21ClN4OS. The van der Waals surface area contributed by atoms with Crippen LogP contribution in [0.3, 0.4) is 0 Å². The van der Waals surface area contributed by atoms with Gasteiger partial charge < -0.3 is 9.30 Å². The molecule has 1 aromatic carbocycles. The van der Waals surface area contributed by atoms with Crippen molar-refractivity contribution < 1.29 is 4.74 Å². The Labute approximate surface area is 168 Å². The van der Waals surface area contributed by atoms with E-state index in [0.717, 1.165) is 4.88 Å². The highest BCUT2D eigenvalue weighted by Crippen LogP contribution is 2.26. The molecule has 0 fully saturated rings. The molecule has 27 heavy (non-hydrogen) atoms. The molecule has 1 aromatic heterocycles. The molecular weight excluding hydrogens is 380 g/mol. The lowest BCUT2D eigenvalue weighted by Gasteiger charge is -2.14. The Kier molecular flexibility index (Phi) is 6.85. The van der Waals surface area contributed by atoms with E-state index in [1.165, 1.54) is 0 Å². The molecule has 0 spiro atoms. The zero-order valence-corrected chi connectivity index (χ0v) is 17.4. The van der Waals surface area contributed by atoms with Crippen molar-refractivity contribution in [3.63, 3.8) is 0 Å². The van der Waals surface area contributed by atoms with Gasteiger partial charge >= 0.3 is 0 Å². The van der Waals surface area contributed by atoms with Crippen LogP contribution in [-0.2, 0) is 12.0 Å². The predicted molar refractivity (Wildman–Crippen MR) is 110 cm³/mol. The van der Waals surface area contributed by atoms with E-state index in [-0.39, 0.29) is 11.3 Å². The first-order chi connectivity index (χ1) is 12.8. The third-order valence-electron chi connectivity index (χ3n) is 3.72. The average molecular weight is 401 g/mol. The fraction of sp³-hybridized carbons (Fsp3) is 0.350. The predicted octanol–water partition coefficient (Wildman–Crippen LogP) is 4.36. The molecule has 0 aliphatic heterocycles. The molecule has 140 valence electrons. The Balaban J connectivity index is 2.68. The number of terminal acetylenes is 1. The van der Waals surface area contributed by atoms with Crippen LogP contribution >= 0.6 is 22.9 Å². The number of aryl methyl sites for hydroxylation is 1. The molecule has 0 aliphatic rings. The van der Waals surface area contributed by atoms with Crippen molar-refractivity contribution in [3.8, 4) is 24.3 Å². The molecule has 2 rings (SSSR count). The zero-order valence-electron chi connectivity index (χ0n) is 15.8. The lowest BCUT2D eigenvalue weighted by molar-refractivity contribution is 0.414. The number of rotatable bonds is 4. The van der Waals surface area contributed by atoms with Crippen LogP contribution in [0.5, 0.6) is 5.75 Å². The van der Waals surface area contributed by atoms with Crippen LogP contribution in [-0.4, -0.2) is 17.5 Å². The highest BCUT2D eigenvalue weighted by molar-refractivity contribution is 7.09. The lowest BCUT2D eigenvalue weighted by atomic mass is 9.95. The van der Waals surface area contributed by atoms with Crippen molar-refractivity contribution in [2.75, 3.05) is 7.11 Å². The number of amidine groups is 1. The molecule has 0 atom stereocenters. The number of benzene rings is 1. The van der Waals surface area contributed by atoms with Crippen molar-refractivity contribution in [1.82, 2.24) is 4.57 Å². The molecule has 0 amide bonds. The number of methoxy groups -OCH3 is 1. The van der Waals surface area contributed by atoms with E-state index >= 15 is 0 Å². The summed E-state index contributed by atoms with van der Waals surface area (Å²) in [5, 5.41) is 9.66. The Hall–Kier alpha value is -2.54. The summed E-state index contributed by atoms with van der Waals surface area (Å²) in [5.74, 6) is 3.44. The van der Waals surface area contributed by atoms with Gasteiger partial charge in [-0.2, -0.15) is 15.2 Å². The summed E-state index contributed by atoms with van der Waals surface area (Å²) in [6, 6.07) is 5.12. The van der Waals surface area contributed by atoms with Gasteiger partial charge in [-0.15, -0.1) is 23.7 Å². The SMILES string of the molecule is C#CCCn1cc(C(C)(C)C)sc1=NC(=NC#N)c1cc(Cl)ccc1OC. The summed E-state index contributed by atoms with van der Waals surface area (Å²) in [4.78, 5) is 10.4. The van der Waals surface area contributed by atoms with Crippen LogP contribution in [0.4, 0.5) is 0 Å². The maximum absolute atomic E-state index is 9.15. The van der Waals surface area contributed by atoms with Crippen molar-refractivity contribution in [1.29, 1.82) is 5.26 Å². The minimum atomic E-state index is -0.0311. The second-order valence-electron chi connectivity index (χ2n) is 6.77. The van der Waals surface area contributed by atoms with Crippen molar-refractivity contribution in [2.45, 2.75) is 39.2 Å². The van der Waals surface area contributed by atoms with E-state index in [1.807, 2.05) is 10.8 Å². The molecule has 0 radical (unpaired) electrons. The monoisotopic (exact) mass is 400 g/mol. The summed E-state index contributed by atoms with van der Waals surface area (Å²) in [6.07, 6.45) is 9.88. The number of thiazole rings is 1. The summed E-state index contributed by atoms with van der Waals surface area (Å²) < 4.78 is 7.38. The third-order valence-corrected chi connectivity index (χ3v) is 5.40. The Morgan fingerprint density at radius 2 is 2.15 bits per heavy atom. The number of halogens is 1. The topological polar surface area (TPSA) is 62.7 Å². The second kappa shape index (κ2) is 8.90. The second-order valence-corrected chi connectivity index (χ2v) is 8.21. The summed E-state index contributed by atoms with van der Waals surface area (Å²) in [7, 11) is 1.55. The van der Waals surface area contributed by atoms with E-state index in [0.29, 0.717) is 34.1 Å². The van der Waals surface area contributed by atoms with Gasteiger partial charge in [-0.1, -0.05) is 32.4 Å². The summed E-state index contributed by atoms with van der Waals surface area (Å²) in [6.45, 7) is 7.05. The van der Waals surface area contributed by atoms with Gasteiger partial charge in [0.05, 0.1) is 12.7 Å². The fourth-order valence-corrected chi connectivity index (χ4v) is 3.55. The molecule has 2 aromatic rings. The number of hydrogen-bond donors (Lipinski definition) is 0. The van der Waals surface area contributed by atoms with Crippen LogP contribution in [0.1, 0.15) is 37.6 Å².